The van der Waals surface area contributed by atoms with Crippen LogP contribution in [0.3, 0.4) is 0 Å². The van der Waals surface area contributed by atoms with E-state index in [2.05, 4.69) is 30.8 Å². The molecule has 2 aliphatic rings. The summed E-state index contributed by atoms with van der Waals surface area (Å²) in [6.45, 7) is 10.3. The van der Waals surface area contributed by atoms with E-state index in [0.29, 0.717) is 6.04 Å². The molecule has 140 valence electrons. The second kappa shape index (κ2) is 8.58. The topological polar surface area (TPSA) is 50.2 Å². The maximum atomic E-state index is 13.0. The van der Waals surface area contributed by atoms with Crippen molar-refractivity contribution in [2.24, 2.45) is 5.92 Å². The Bertz CT molecular complexity index is 592. The smallest absolute Gasteiger partial charge is 0.274 e. The fraction of sp³-hybridized carbons (Fsp3) is 0.789. The predicted molar refractivity (Wildman–Crippen MR) is 104 cm³/mol. The van der Waals surface area contributed by atoms with Gasteiger partial charge in [0, 0.05) is 48.4 Å². The number of amides is 1. The van der Waals surface area contributed by atoms with E-state index in [-0.39, 0.29) is 5.91 Å². The van der Waals surface area contributed by atoms with Crippen LogP contribution in [0.1, 0.15) is 55.4 Å². The highest BCUT2D eigenvalue weighted by molar-refractivity contribution is 7.99. The van der Waals surface area contributed by atoms with Crippen LogP contribution in [0.4, 0.5) is 0 Å². The first-order chi connectivity index (χ1) is 12.1. The molecule has 2 heterocycles. The Balaban J connectivity index is 1.74. The molecule has 0 radical (unpaired) electrons. The zero-order valence-electron chi connectivity index (χ0n) is 15.9. The molecule has 0 unspecified atom stereocenters. The van der Waals surface area contributed by atoms with Gasteiger partial charge in [-0.05, 0) is 45.1 Å². The highest BCUT2D eigenvalue weighted by Crippen LogP contribution is 2.26. The van der Waals surface area contributed by atoms with Gasteiger partial charge in [0.1, 0.15) is 0 Å². The lowest BCUT2D eigenvalue weighted by atomic mass is 9.90. The minimum atomic E-state index is 0.145. The van der Waals surface area contributed by atoms with Crippen molar-refractivity contribution in [3.05, 3.63) is 17.0 Å². The molecule has 6 heteroatoms. The molecule has 1 aliphatic heterocycles. The van der Waals surface area contributed by atoms with Gasteiger partial charge in [-0.2, -0.15) is 16.9 Å². The molecule has 0 aromatic carbocycles. The SMILES string of the molecule is CCn1nc(C(=O)N2CCSCC2)c2c1CC[C@@H](NCCC(C)C)C2. The Kier molecular flexibility index (Phi) is 6.44. The monoisotopic (exact) mass is 364 g/mol. The molecule has 1 saturated heterocycles. The van der Waals surface area contributed by atoms with E-state index in [0.717, 1.165) is 68.6 Å². The standard InChI is InChI=1S/C19H32N4OS/c1-4-23-17-6-5-15(20-8-7-14(2)3)13-16(17)18(21-23)19(24)22-9-11-25-12-10-22/h14-15,20H,4-13H2,1-3H3/t15-/m1/s1. The lowest BCUT2D eigenvalue weighted by Crippen LogP contribution is -2.39. The third-order valence-corrected chi connectivity index (χ3v) is 6.24. The number of fused-ring (bicyclic) bond motifs is 1. The predicted octanol–water partition coefficient (Wildman–Crippen LogP) is 2.59. The van der Waals surface area contributed by atoms with E-state index >= 15 is 0 Å². The summed E-state index contributed by atoms with van der Waals surface area (Å²) >= 11 is 1.93. The summed E-state index contributed by atoms with van der Waals surface area (Å²) in [6, 6.07) is 0.476. The van der Waals surface area contributed by atoms with E-state index in [1.54, 1.807) is 0 Å². The summed E-state index contributed by atoms with van der Waals surface area (Å²) in [5.74, 6) is 2.96. The third-order valence-electron chi connectivity index (χ3n) is 5.30. The third kappa shape index (κ3) is 4.40. The maximum Gasteiger partial charge on any atom is 0.274 e. The van der Waals surface area contributed by atoms with Crippen LogP contribution in [-0.2, 0) is 19.4 Å². The Morgan fingerprint density at radius 2 is 2.12 bits per heavy atom. The summed E-state index contributed by atoms with van der Waals surface area (Å²) in [4.78, 5) is 15.0. The van der Waals surface area contributed by atoms with Crippen molar-refractivity contribution in [1.82, 2.24) is 20.0 Å². The Hall–Kier alpha value is -1.01. The lowest BCUT2D eigenvalue weighted by molar-refractivity contribution is 0.0764. The number of carbonyl (C=O) groups excluding carboxylic acids is 1. The average molecular weight is 365 g/mol. The summed E-state index contributed by atoms with van der Waals surface area (Å²) in [7, 11) is 0. The molecule has 1 aromatic heterocycles. The number of hydrogen-bond donors (Lipinski definition) is 1. The molecule has 5 nitrogen and oxygen atoms in total. The van der Waals surface area contributed by atoms with Gasteiger partial charge in [-0.3, -0.25) is 9.48 Å². The molecule has 1 aromatic rings. The van der Waals surface area contributed by atoms with E-state index in [4.69, 9.17) is 5.10 Å². The highest BCUT2D eigenvalue weighted by Gasteiger charge is 2.31. The molecule has 25 heavy (non-hydrogen) atoms. The van der Waals surface area contributed by atoms with Crippen LogP contribution in [0.5, 0.6) is 0 Å². The van der Waals surface area contributed by atoms with Crippen LogP contribution in [0, 0.1) is 5.92 Å². The molecule has 1 atom stereocenters. The molecule has 1 aliphatic carbocycles. The normalized spacial score (nSPS) is 20.8. The molecule has 0 spiro atoms. The minimum Gasteiger partial charge on any atom is -0.336 e. The number of hydrogen-bond acceptors (Lipinski definition) is 4. The van der Waals surface area contributed by atoms with Gasteiger partial charge in [0.15, 0.2) is 5.69 Å². The van der Waals surface area contributed by atoms with Gasteiger partial charge >= 0.3 is 0 Å². The first-order valence-corrected chi connectivity index (χ1v) is 10.9. The number of rotatable bonds is 6. The van der Waals surface area contributed by atoms with Crippen molar-refractivity contribution in [2.75, 3.05) is 31.1 Å². The summed E-state index contributed by atoms with van der Waals surface area (Å²) in [5, 5.41) is 8.42. The molecule has 0 saturated carbocycles. The molecule has 0 bridgehead atoms. The van der Waals surface area contributed by atoms with E-state index in [9.17, 15) is 4.79 Å². The van der Waals surface area contributed by atoms with Crippen molar-refractivity contribution >= 4 is 17.7 Å². The minimum absolute atomic E-state index is 0.145. The van der Waals surface area contributed by atoms with Crippen LogP contribution < -0.4 is 5.32 Å². The Morgan fingerprint density at radius 3 is 2.80 bits per heavy atom. The van der Waals surface area contributed by atoms with Crippen molar-refractivity contribution in [2.45, 2.75) is 59.0 Å². The van der Waals surface area contributed by atoms with Crippen molar-refractivity contribution in [3.8, 4) is 0 Å². The van der Waals surface area contributed by atoms with Gasteiger partial charge in [-0.25, -0.2) is 0 Å². The van der Waals surface area contributed by atoms with Crippen LogP contribution >= 0.6 is 11.8 Å². The molecular formula is C19H32N4OS. The highest BCUT2D eigenvalue weighted by atomic mass is 32.2. The number of thioether (sulfide) groups is 1. The second-order valence-electron chi connectivity index (χ2n) is 7.57. The maximum absolute atomic E-state index is 13.0. The first kappa shape index (κ1) is 18.8. The zero-order valence-corrected chi connectivity index (χ0v) is 16.7. The van der Waals surface area contributed by atoms with Gasteiger partial charge in [-0.15, -0.1) is 0 Å². The fourth-order valence-electron chi connectivity index (χ4n) is 3.79. The lowest BCUT2D eigenvalue weighted by Gasteiger charge is -2.27. The molecule has 1 N–H and O–H groups in total. The van der Waals surface area contributed by atoms with E-state index in [1.807, 2.05) is 16.7 Å². The van der Waals surface area contributed by atoms with Gasteiger partial charge in [0.2, 0.25) is 0 Å². The summed E-state index contributed by atoms with van der Waals surface area (Å²) in [5.41, 5.74) is 3.22. The number of nitrogens with one attached hydrogen (secondary N) is 1. The molecular weight excluding hydrogens is 332 g/mol. The number of aromatic nitrogens is 2. The second-order valence-corrected chi connectivity index (χ2v) is 8.80. The van der Waals surface area contributed by atoms with Gasteiger partial charge in [0.05, 0.1) is 0 Å². The van der Waals surface area contributed by atoms with Crippen LogP contribution in [0.15, 0.2) is 0 Å². The van der Waals surface area contributed by atoms with E-state index in [1.165, 1.54) is 17.7 Å². The zero-order chi connectivity index (χ0) is 17.8. The van der Waals surface area contributed by atoms with Crippen LogP contribution in [0.2, 0.25) is 0 Å². The van der Waals surface area contributed by atoms with Crippen molar-refractivity contribution in [1.29, 1.82) is 0 Å². The average Bonchev–Trinajstić information content (AvgIpc) is 2.99. The van der Waals surface area contributed by atoms with Crippen LogP contribution in [-0.4, -0.2) is 57.8 Å². The Labute approximate surface area is 155 Å². The van der Waals surface area contributed by atoms with Gasteiger partial charge in [-0.1, -0.05) is 13.8 Å². The largest absolute Gasteiger partial charge is 0.336 e. The molecule has 3 rings (SSSR count). The number of aryl methyl sites for hydroxylation is 1. The quantitative estimate of drug-likeness (QED) is 0.843. The summed E-state index contributed by atoms with van der Waals surface area (Å²) < 4.78 is 2.06. The van der Waals surface area contributed by atoms with Crippen molar-refractivity contribution < 1.29 is 4.79 Å². The molecule has 1 amide bonds. The number of nitrogens with zero attached hydrogens (tertiary/aromatic N) is 3. The molecule has 1 fully saturated rings. The van der Waals surface area contributed by atoms with Crippen molar-refractivity contribution in [3.63, 3.8) is 0 Å². The van der Waals surface area contributed by atoms with Gasteiger partial charge < -0.3 is 10.2 Å². The van der Waals surface area contributed by atoms with Crippen LogP contribution in [0.25, 0.3) is 0 Å². The van der Waals surface area contributed by atoms with Gasteiger partial charge in [0.25, 0.3) is 5.91 Å². The first-order valence-electron chi connectivity index (χ1n) is 9.79. The van der Waals surface area contributed by atoms with E-state index < -0.39 is 0 Å². The fourth-order valence-corrected chi connectivity index (χ4v) is 4.69. The summed E-state index contributed by atoms with van der Waals surface area (Å²) in [6.07, 6.45) is 4.31. The number of carbonyl (C=O) groups is 1. The Morgan fingerprint density at radius 1 is 1.36 bits per heavy atom.